The summed E-state index contributed by atoms with van der Waals surface area (Å²) in [5, 5.41) is 20.5. The van der Waals surface area contributed by atoms with Gasteiger partial charge in [0.15, 0.2) is 0 Å². The van der Waals surface area contributed by atoms with Gasteiger partial charge >= 0.3 is 5.97 Å². The molecule has 1 aromatic rings. The van der Waals surface area contributed by atoms with E-state index in [9.17, 15) is 9.59 Å². The van der Waals surface area contributed by atoms with Crippen molar-refractivity contribution in [3.05, 3.63) is 29.8 Å². The zero-order valence-corrected chi connectivity index (χ0v) is 10.6. The quantitative estimate of drug-likeness (QED) is 0.677. The Morgan fingerprint density at radius 2 is 2.05 bits per heavy atom. The number of carbonyl (C=O) groups is 2. The Morgan fingerprint density at radius 1 is 1.32 bits per heavy atom. The van der Waals surface area contributed by atoms with Crippen molar-refractivity contribution in [2.75, 3.05) is 11.9 Å². The van der Waals surface area contributed by atoms with Gasteiger partial charge in [0.25, 0.3) is 0 Å². The molecule has 1 aromatic carbocycles. The molecule has 1 fully saturated rings. The monoisotopic (exact) mass is 263 g/mol. The van der Waals surface area contributed by atoms with Gasteiger partial charge in [-0.3, -0.25) is 9.59 Å². The summed E-state index contributed by atoms with van der Waals surface area (Å²) >= 11 is 0. The van der Waals surface area contributed by atoms with Crippen molar-refractivity contribution in [2.24, 2.45) is 5.41 Å². The summed E-state index contributed by atoms with van der Waals surface area (Å²) in [4.78, 5) is 23.0. The maximum absolute atomic E-state index is 11.9. The van der Waals surface area contributed by atoms with Gasteiger partial charge in [0.2, 0.25) is 5.91 Å². The first-order valence-corrected chi connectivity index (χ1v) is 6.33. The predicted molar refractivity (Wildman–Crippen MR) is 69.8 cm³/mol. The Morgan fingerprint density at radius 3 is 2.63 bits per heavy atom. The molecule has 1 amide bonds. The van der Waals surface area contributed by atoms with Crippen LogP contribution in [0.5, 0.6) is 0 Å². The van der Waals surface area contributed by atoms with Crippen LogP contribution in [0.4, 0.5) is 5.69 Å². The van der Waals surface area contributed by atoms with E-state index in [2.05, 4.69) is 5.32 Å². The van der Waals surface area contributed by atoms with Crippen molar-refractivity contribution in [3.63, 3.8) is 0 Å². The summed E-state index contributed by atoms with van der Waals surface area (Å²) in [5.41, 5.74) is 0.390. The van der Waals surface area contributed by atoms with Gasteiger partial charge in [-0.15, -0.1) is 0 Å². The van der Waals surface area contributed by atoms with E-state index in [0.29, 0.717) is 24.9 Å². The summed E-state index contributed by atoms with van der Waals surface area (Å²) in [7, 11) is 0. The van der Waals surface area contributed by atoms with Crippen molar-refractivity contribution >= 4 is 17.6 Å². The minimum atomic E-state index is -1.22. The Bertz CT molecular complexity index is 494. The number of aliphatic hydroxyl groups is 1. The van der Waals surface area contributed by atoms with Crippen LogP contribution in [0.1, 0.15) is 24.8 Å². The number of hydrogen-bond acceptors (Lipinski definition) is 3. The third-order valence-corrected chi connectivity index (χ3v) is 3.40. The van der Waals surface area contributed by atoms with Crippen LogP contribution in [-0.2, 0) is 16.0 Å². The fraction of sp³-hybridized carbons (Fsp3) is 0.429. The molecule has 0 saturated heterocycles. The topological polar surface area (TPSA) is 86.6 Å². The number of amides is 1. The highest BCUT2D eigenvalue weighted by Gasteiger charge is 2.57. The number of aliphatic hydroxyl groups excluding tert-OH is 1. The molecule has 0 spiro atoms. The first kappa shape index (κ1) is 13.5. The highest BCUT2D eigenvalue weighted by atomic mass is 16.4. The number of benzene rings is 1. The summed E-state index contributed by atoms with van der Waals surface area (Å²) in [5.74, 6) is -1.50. The zero-order chi connectivity index (χ0) is 13.9. The minimum absolute atomic E-state index is 0.124. The smallest absolute Gasteiger partial charge is 0.319 e. The number of nitrogens with one attached hydrogen (secondary N) is 1. The number of anilines is 1. The summed E-state index contributed by atoms with van der Waals surface area (Å²) < 4.78 is 0. The van der Waals surface area contributed by atoms with Gasteiger partial charge in [0, 0.05) is 12.3 Å². The molecule has 0 heterocycles. The third-order valence-electron chi connectivity index (χ3n) is 3.40. The minimum Gasteiger partial charge on any atom is -0.480 e. The molecule has 5 heteroatoms. The van der Waals surface area contributed by atoms with Crippen molar-refractivity contribution < 1.29 is 19.8 Å². The van der Waals surface area contributed by atoms with E-state index in [-0.39, 0.29) is 6.61 Å². The van der Waals surface area contributed by atoms with Gasteiger partial charge in [-0.05, 0) is 43.4 Å². The fourth-order valence-electron chi connectivity index (χ4n) is 2.00. The first-order chi connectivity index (χ1) is 9.08. The molecule has 0 unspecified atom stereocenters. The largest absolute Gasteiger partial charge is 0.480 e. The summed E-state index contributed by atoms with van der Waals surface area (Å²) in [6, 6.07) is 7.27. The molecular weight excluding hydrogens is 246 g/mol. The molecule has 0 bridgehead atoms. The highest BCUT2D eigenvalue weighted by molar-refractivity contribution is 6.10. The second kappa shape index (κ2) is 5.40. The van der Waals surface area contributed by atoms with Gasteiger partial charge in [-0.1, -0.05) is 12.1 Å². The molecule has 0 atom stereocenters. The van der Waals surface area contributed by atoms with Crippen molar-refractivity contribution in [1.82, 2.24) is 0 Å². The molecule has 5 nitrogen and oxygen atoms in total. The van der Waals surface area contributed by atoms with Gasteiger partial charge in [-0.25, -0.2) is 0 Å². The number of aliphatic carboxylic acids is 1. The Hall–Kier alpha value is -1.88. The van der Waals surface area contributed by atoms with Gasteiger partial charge in [0.1, 0.15) is 5.41 Å². The molecule has 1 aliphatic rings. The Balaban J connectivity index is 2.03. The number of aryl methyl sites for hydroxylation is 1. The van der Waals surface area contributed by atoms with Gasteiger partial charge in [0.05, 0.1) is 0 Å². The second-order valence-electron chi connectivity index (χ2n) is 4.87. The number of rotatable bonds is 6. The highest BCUT2D eigenvalue weighted by Crippen LogP contribution is 2.46. The van der Waals surface area contributed by atoms with E-state index >= 15 is 0 Å². The summed E-state index contributed by atoms with van der Waals surface area (Å²) in [6.45, 7) is 0.124. The maximum atomic E-state index is 11.9. The zero-order valence-electron chi connectivity index (χ0n) is 10.6. The van der Waals surface area contributed by atoms with Crippen LogP contribution in [-0.4, -0.2) is 28.7 Å². The molecule has 102 valence electrons. The number of carboxylic acids is 1. The first-order valence-electron chi connectivity index (χ1n) is 6.33. The van der Waals surface area contributed by atoms with E-state index in [0.717, 1.165) is 12.0 Å². The van der Waals surface area contributed by atoms with Crippen molar-refractivity contribution in [1.29, 1.82) is 0 Å². The van der Waals surface area contributed by atoms with Crippen LogP contribution >= 0.6 is 0 Å². The van der Waals surface area contributed by atoms with Crippen LogP contribution in [0, 0.1) is 5.41 Å². The number of hydrogen-bond donors (Lipinski definition) is 3. The Labute approximate surface area is 111 Å². The number of carboxylic acid groups (broad SMARTS) is 1. The standard InChI is InChI=1S/C14H17NO4/c16-8-2-4-10-3-1-5-11(9-10)15-12(17)14(6-7-14)13(18)19/h1,3,5,9,16H,2,4,6-8H2,(H,15,17)(H,18,19). The lowest BCUT2D eigenvalue weighted by Gasteiger charge is -2.11. The van der Waals surface area contributed by atoms with E-state index in [1.165, 1.54) is 0 Å². The fourth-order valence-corrected chi connectivity index (χ4v) is 2.00. The molecule has 0 aromatic heterocycles. The molecule has 1 aliphatic carbocycles. The van der Waals surface area contributed by atoms with E-state index < -0.39 is 17.3 Å². The molecule has 0 aliphatic heterocycles. The second-order valence-corrected chi connectivity index (χ2v) is 4.87. The predicted octanol–water partition coefficient (Wildman–Crippen LogP) is 1.41. The lowest BCUT2D eigenvalue weighted by atomic mass is 10.1. The lowest BCUT2D eigenvalue weighted by molar-refractivity contribution is -0.147. The summed E-state index contributed by atoms with van der Waals surface area (Å²) in [6.07, 6.45) is 2.19. The van der Waals surface area contributed by atoms with Crippen LogP contribution in [0.3, 0.4) is 0 Å². The van der Waals surface area contributed by atoms with Crippen LogP contribution in [0.2, 0.25) is 0 Å². The molecule has 0 radical (unpaired) electrons. The van der Waals surface area contributed by atoms with Gasteiger partial charge < -0.3 is 15.5 Å². The van der Waals surface area contributed by atoms with Crippen LogP contribution in [0.15, 0.2) is 24.3 Å². The molecule has 1 saturated carbocycles. The van der Waals surface area contributed by atoms with E-state index in [4.69, 9.17) is 10.2 Å². The van der Waals surface area contributed by atoms with E-state index in [1.54, 1.807) is 6.07 Å². The molecule has 2 rings (SSSR count). The molecule has 19 heavy (non-hydrogen) atoms. The van der Waals surface area contributed by atoms with E-state index in [1.807, 2.05) is 18.2 Å². The van der Waals surface area contributed by atoms with Crippen molar-refractivity contribution in [2.45, 2.75) is 25.7 Å². The number of carbonyl (C=O) groups excluding carboxylic acids is 1. The van der Waals surface area contributed by atoms with Gasteiger partial charge in [-0.2, -0.15) is 0 Å². The molecular formula is C14H17NO4. The average molecular weight is 263 g/mol. The van der Waals surface area contributed by atoms with Crippen LogP contribution in [0.25, 0.3) is 0 Å². The normalized spacial score (nSPS) is 15.8. The lowest BCUT2D eigenvalue weighted by Crippen LogP contribution is -2.31. The van der Waals surface area contributed by atoms with Crippen LogP contribution < -0.4 is 5.32 Å². The Kier molecular flexibility index (Phi) is 3.85. The maximum Gasteiger partial charge on any atom is 0.319 e. The average Bonchev–Trinajstić information content (AvgIpc) is 3.18. The SMILES string of the molecule is O=C(O)C1(C(=O)Nc2cccc(CCCO)c2)CC1. The molecule has 3 N–H and O–H groups in total. The third kappa shape index (κ3) is 2.93. The van der Waals surface area contributed by atoms with Crippen molar-refractivity contribution in [3.8, 4) is 0 Å².